The molecule has 4 amide bonds. The highest BCUT2D eigenvalue weighted by Crippen LogP contribution is 2.34. The van der Waals surface area contributed by atoms with E-state index in [9.17, 15) is 19.2 Å². The van der Waals surface area contributed by atoms with Crippen LogP contribution in [0.1, 0.15) is 127 Å². The maximum Gasteiger partial charge on any atom is 0.437 e. The maximum atomic E-state index is 16.2. The van der Waals surface area contributed by atoms with E-state index >= 15 is 8.78 Å². The Hall–Kier alpha value is -6.66. The van der Waals surface area contributed by atoms with Crippen LogP contribution in [-0.4, -0.2) is 109 Å². The van der Waals surface area contributed by atoms with Gasteiger partial charge in [0, 0.05) is 32.2 Å². The molecule has 0 bridgehead atoms. The number of nitrogens with one attached hydrogen (secondary N) is 2. The van der Waals surface area contributed by atoms with Crippen molar-refractivity contribution in [3.8, 4) is 22.8 Å². The molecule has 2 aromatic carbocycles. The van der Waals surface area contributed by atoms with Gasteiger partial charge < -0.3 is 33.3 Å². The number of halogens is 2. The van der Waals surface area contributed by atoms with Crippen molar-refractivity contribution in [1.29, 1.82) is 0 Å². The molecule has 5 rings (SSSR count). The number of benzene rings is 2. The molecule has 368 valence electrons. The van der Waals surface area contributed by atoms with E-state index in [1.54, 1.807) is 122 Å². The van der Waals surface area contributed by atoms with E-state index in [4.69, 9.17) is 18.9 Å². The summed E-state index contributed by atoms with van der Waals surface area (Å²) in [6.07, 6.45) is 1.25. The van der Waals surface area contributed by atoms with Gasteiger partial charge in [0.1, 0.15) is 34.0 Å². The van der Waals surface area contributed by atoms with E-state index in [2.05, 4.69) is 30.8 Å². The highest BCUT2D eigenvalue weighted by atomic mass is 19.1. The van der Waals surface area contributed by atoms with Gasteiger partial charge in [0.05, 0.1) is 11.1 Å². The molecule has 68 heavy (non-hydrogen) atoms. The number of hydrogen-bond acceptors (Lipinski definition) is 10. The zero-order valence-corrected chi connectivity index (χ0v) is 41.6. The van der Waals surface area contributed by atoms with Gasteiger partial charge in [0.2, 0.25) is 11.9 Å². The van der Waals surface area contributed by atoms with Gasteiger partial charge in [-0.3, -0.25) is 10.6 Å². The molecule has 3 aromatic rings. The molecule has 0 radical (unpaired) electrons. The third-order valence-corrected chi connectivity index (χ3v) is 9.80. The number of hydrogen-bond donors (Lipinski definition) is 2. The molecular formula is C49H65F2N9O8. The fourth-order valence-electron chi connectivity index (χ4n) is 7.08. The lowest BCUT2D eigenvalue weighted by Gasteiger charge is -2.30. The minimum absolute atomic E-state index is 0.0357. The van der Waals surface area contributed by atoms with Gasteiger partial charge in [-0.2, -0.15) is 0 Å². The Bertz CT molecular complexity index is 2350. The van der Waals surface area contributed by atoms with E-state index < -0.39 is 58.4 Å². The number of rotatable bonds is 5. The van der Waals surface area contributed by atoms with Crippen molar-refractivity contribution in [2.45, 2.75) is 138 Å². The predicted molar refractivity (Wildman–Crippen MR) is 256 cm³/mol. The van der Waals surface area contributed by atoms with Gasteiger partial charge >= 0.3 is 24.4 Å². The average molecular weight is 946 g/mol. The molecule has 0 atom stereocenters. The van der Waals surface area contributed by atoms with Crippen LogP contribution in [0.25, 0.3) is 33.9 Å². The first kappa shape index (κ1) is 52.3. The quantitative estimate of drug-likeness (QED) is 0.140. The molecule has 0 saturated heterocycles. The summed E-state index contributed by atoms with van der Waals surface area (Å²) in [5.74, 6) is -0.735. The second kappa shape index (κ2) is 20.7. The van der Waals surface area contributed by atoms with E-state index in [0.717, 1.165) is 11.1 Å². The summed E-state index contributed by atoms with van der Waals surface area (Å²) in [7, 11) is 0. The van der Waals surface area contributed by atoms with Crippen LogP contribution in [0.15, 0.2) is 58.5 Å². The van der Waals surface area contributed by atoms with Crippen molar-refractivity contribution in [3.05, 3.63) is 71.3 Å². The van der Waals surface area contributed by atoms with Crippen molar-refractivity contribution in [2.24, 2.45) is 9.98 Å². The van der Waals surface area contributed by atoms with Gasteiger partial charge in [0.15, 0.2) is 11.6 Å². The number of amides is 4. The number of carbonyl (C=O) groups is 4. The molecule has 0 aliphatic carbocycles. The summed E-state index contributed by atoms with van der Waals surface area (Å²) in [6.45, 7) is 25.4. The third-order valence-electron chi connectivity index (χ3n) is 9.80. The molecule has 0 unspecified atom stereocenters. The summed E-state index contributed by atoms with van der Waals surface area (Å²) in [5, 5.41) is 13.9. The normalized spacial score (nSPS) is 15.4. The molecule has 2 N–H and O–H groups in total. The Kier molecular flexibility index (Phi) is 15.9. The van der Waals surface area contributed by atoms with Crippen molar-refractivity contribution >= 4 is 47.4 Å². The van der Waals surface area contributed by atoms with Crippen molar-refractivity contribution in [2.75, 3.05) is 26.2 Å². The van der Waals surface area contributed by atoms with Crippen LogP contribution in [0.3, 0.4) is 0 Å². The summed E-state index contributed by atoms with van der Waals surface area (Å²) in [5.41, 5.74) is 0.0726. The molecule has 2 aliphatic heterocycles. The Morgan fingerprint density at radius 2 is 0.941 bits per heavy atom. The predicted octanol–water partition coefficient (Wildman–Crippen LogP) is 10.3. The van der Waals surface area contributed by atoms with Gasteiger partial charge in [-0.25, -0.2) is 28.0 Å². The first-order valence-electron chi connectivity index (χ1n) is 22.5. The zero-order chi connectivity index (χ0) is 50.5. The lowest BCUT2D eigenvalue weighted by molar-refractivity contribution is 0.0536. The van der Waals surface area contributed by atoms with E-state index in [1.165, 1.54) is 12.1 Å². The molecule has 2 aliphatic rings. The van der Waals surface area contributed by atoms with Crippen LogP contribution in [0.4, 0.5) is 28.0 Å². The Balaban J connectivity index is 1.34. The second-order valence-corrected chi connectivity index (χ2v) is 20.6. The average Bonchev–Trinajstić information content (AvgIpc) is 3.62. The summed E-state index contributed by atoms with van der Waals surface area (Å²) < 4.78 is 55.6. The van der Waals surface area contributed by atoms with Crippen LogP contribution >= 0.6 is 0 Å². The number of ether oxygens (including phenoxy) is 4. The van der Waals surface area contributed by atoms with Gasteiger partial charge in [-0.1, -0.05) is 24.3 Å². The lowest BCUT2D eigenvalue weighted by atomic mass is 9.97. The number of alkyl carbamates (subject to hydrolysis) is 2. The zero-order valence-electron chi connectivity index (χ0n) is 41.6. The fraction of sp³-hybridized carbons (Fsp3) is 0.510. The Morgan fingerprint density at radius 1 is 0.588 bits per heavy atom. The summed E-state index contributed by atoms with van der Waals surface area (Å²) in [4.78, 5) is 62.2. The standard InChI is InChI=1S/C49H65F2N9O8/c1-29(2)60-38(34-17-15-32(27-36(34)50)30-19-23-58(24-20-30)40(52-42(61)65-46(3,4)5)53-43(62)66-47(6,7)8)56-57-39(60)35-18-16-33(28-37(35)51)31-21-25-59(26-22-31)41(54-44(63)67-48(9,10)11)55-45(64)68-49(12,13)14/h15-19,21,27-29H,20,22-26H2,1-14H3,(H,52,53,61,62)(H,54,55,63,64). The second-order valence-electron chi connectivity index (χ2n) is 20.6. The number of guanidine groups is 2. The van der Waals surface area contributed by atoms with E-state index in [1.807, 2.05) is 26.0 Å². The maximum absolute atomic E-state index is 16.2. The van der Waals surface area contributed by atoms with Crippen LogP contribution in [-0.2, 0) is 18.9 Å². The van der Waals surface area contributed by atoms with E-state index in [0.29, 0.717) is 37.1 Å². The molecule has 3 heterocycles. The Labute approximate surface area is 397 Å². The molecule has 19 heteroatoms. The van der Waals surface area contributed by atoms with Crippen LogP contribution in [0.5, 0.6) is 0 Å². The first-order chi connectivity index (χ1) is 31.4. The minimum atomic E-state index is -0.879. The number of aromatic nitrogens is 3. The lowest BCUT2D eigenvalue weighted by Crippen LogP contribution is -2.48. The number of carbonyl (C=O) groups excluding carboxylic acids is 4. The van der Waals surface area contributed by atoms with Crippen LogP contribution < -0.4 is 10.6 Å². The molecule has 17 nitrogen and oxygen atoms in total. The number of aliphatic imine (C=N–C) groups is 2. The van der Waals surface area contributed by atoms with Crippen molar-refractivity contribution in [3.63, 3.8) is 0 Å². The van der Waals surface area contributed by atoms with Crippen LogP contribution in [0, 0.1) is 11.6 Å². The summed E-state index contributed by atoms with van der Waals surface area (Å²) >= 11 is 0. The van der Waals surface area contributed by atoms with Crippen molar-refractivity contribution in [1.82, 2.24) is 35.2 Å². The largest absolute Gasteiger partial charge is 0.444 e. The molecule has 1 aromatic heterocycles. The van der Waals surface area contributed by atoms with Gasteiger partial charge in [0.25, 0.3) is 0 Å². The molecular weight excluding hydrogens is 881 g/mol. The third kappa shape index (κ3) is 14.9. The summed E-state index contributed by atoms with van der Waals surface area (Å²) in [6, 6.07) is 9.34. The molecule has 0 spiro atoms. The minimum Gasteiger partial charge on any atom is -0.444 e. The number of nitrogens with zero attached hydrogens (tertiary/aromatic N) is 7. The SMILES string of the molecule is CC(C)n1c(-c2ccc(C3=CCN(C(=NC(=O)OC(C)(C)C)NC(=O)OC(C)(C)C)CC3)cc2F)nnc1-c1ccc(C2=CCN(C(=NC(=O)OC(C)(C)C)NC(=O)OC(C)(C)C)CC2)cc1F. The highest BCUT2D eigenvalue weighted by Gasteiger charge is 2.29. The monoisotopic (exact) mass is 945 g/mol. The molecule has 0 saturated carbocycles. The van der Waals surface area contributed by atoms with E-state index in [-0.39, 0.29) is 53.8 Å². The van der Waals surface area contributed by atoms with Gasteiger partial charge in [-0.15, -0.1) is 20.2 Å². The Morgan fingerprint density at radius 3 is 1.22 bits per heavy atom. The van der Waals surface area contributed by atoms with Crippen molar-refractivity contribution < 1.29 is 46.9 Å². The highest BCUT2D eigenvalue weighted by molar-refractivity contribution is 6.00. The van der Waals surface area contributed by atoms with Crippen LogP contribution in [0.2, 0.25) is 0 Å². The van der Waals surface area contributed by atoms with Gasteiger partial charge in [-0.05, 0) is 156 Å². The molecule has 0 fully saturated rings. The smallest absolute Gasteiger partial charge is 0.437 e. The fourth-order valence-corrected chi connectivity index (χ4v) is 7.08. The topological polar surface area (TPSA) is 191 Å². The first-order valence-corrected chi connectivity index (χ1v) is 22.5.